The van der Waals surface area contributed by atoms with Crippen molar-refractivity contribution in [1.82, 2.24) is 0 Å². The molecule has 0 aliphatic carbocycles. The van der Waals surface area contributed by atoms with Crippen molar-refractivity contribution in [2.24, 2.45) is 0 Å². The summed E-state index contributed by atoms with van der Waals surface area (Å²) in [6, 6.07) is 15.5. The van der Waals surface area contributed by atoms with Gasteiger partial charge in [0.15, 0.2) is 5.44 Å². The van der Waals surface area contributed by atoms with E-state index < -0.39 is 29.0 Å². The molecule has 0 amide bonds. The molecule has 152 valence electrons. The number of benzene rings is 2. The minimum Gasteiger partial charge on any atom is -0.477 e. The van der Waals surface area contributed by atoms with E-state index >= 15 is 0 Å². The summed E-state index contributed by atoms with van der Waals surface area (Å²) in [5.74, 6) is 0.582. The summed E-state index contributed by atoms with van der Waals surface area (Å²) in [4.78, 5) is 0. The maximum absolute atomic E-state index is 10.3. The van der Waals surface area contributed by atoms with Gasteiger partial charge in [0, 0.05) is 13.0 Å². The maximum Gasteiger partial charge on any atom is 0.173 e. The van der Waals surface area contributed by atoms with E-state index in [0.717, 1.165) is 28.5 Å². The second-order valence-electron chi connectivity index (χ2n) is 6.89. The summed E-state index contributed by atoms with van der Waals surface area (Å²) >= 11 is 1.11. The fourth-order valence-electron chi connectivity index (χ4n) is 3.23. The third-order valence-electron chi connectivity index (χ3n) is 4.88. The van der Waals surface area contributed by atoms with Crippen LogP contribution in [0.5, 0.6) is 5.75 Å². The summed E-state index contributed by atoms with van der Waals surface area (Å²) in [6.45, 7) is -0.204. The van der Waals surface area contributed by atoms with E-state index in [4.69, 9.17) is 9.84 Å². The average molecular weight is 407 g/mol. The highest BCUT2D eigenvalue weighted by molar-refractivity contribution is 8.00. The van der Waals surface area contributed by atoms with E-state index in [0.29, 0.717) is 18.6 Å². The molecule has 0 saturated carbocycles. The smallest absolute Gasteiger partial charge is 0.173 e. The van der Waals surface area contributed by atoms with Gasteiger partial charge in [-0.25, -0.2) is 0 Å². The van der Waals surface area contributed by atoms with Crippen molar-refractivity contribution in [3.05, 3.63) is 65.2 Å². The van der Waals surface area contributed by atoms with Crippen molar-refractivity contribution in [3.63, 3.8) is 0 Å². The highest BCUT2D eigenvalue weighted by atomic mass is 32.2. The molecule has 5 atom stereocenters. The van der Waals surface area contributed by atoms with Gasteiger partial charge in [0.05, 0.1) is 18.0 Å². The SMILES string of the molecule is OCCc1ccc(Cc2ccccc2O[C@H]2S[C@@H](CO)[C@@H](O)[C@H](O)[C@H]2O)cc1. The summed E-state index contributed by atoms with van der Waals surface area (Å²) in [7, 11) is 0. The van der Waals surface area contributed by atoms with Gasteiger partial charge in [-0.15, -0.1) is 11.8 Å². The molecule has 2 aromatic carbocycles. The van der Waals surface area contributed by atoms with Gasteiger partial charge in [0.2, 0.25) is 0 Å². The molecule has 5 N–H and O–H groups in total. The van der Waals surface area contributed by atoms with Gasteiger partial charge in [-0.05, 0) is 29.2 Å². The number of rotatable bonds is 7. The first kappa shape index (κ1) is 21.1. The van der Waals surface area contributed by atoms with Crippen LogP contribution >= 0.6 is 11.8 Å². The molecule has 0 aromatic heterocycles. The first-order valence-electron chi connectivity index (χ1n) is 9.27. The Hall–Kier alpha value is -1.61. The molecular formula is C21H26O6S. The molecule has 0 unspecified atom stereocenters. The van der Waals surface area contributed by atoms with E-state index in [2.05, 4.69) is 0 Å². The Bertz CT molecular complexity index is 751. The zero-order valence-electron chi connectivity index (χ0n) is 15.4. The van der Waals surface area contributed by atoms with Gasteiger partial charge in [-0.2, -0.15) is 0 Å². The van der Waals surface area contributed by atoms with Crippen LogP contribution in [0.3, 0.4) is 0 Å². The summed E-state index contributed by atoms with van der Waals surface area (Å²) in [5.41, 5.74) is 2.27. The van der Waals surface area contributed by atoms with Crippen LogP contribution in [0.1, 0.15) is 16.7 Å². The predicted octanol–water partition coefficient (Wildman–Crippen LogP) is 0.707. The molecule has 1 fully saturated rings. The van der Waals surface area contributed by atoms with Crippen LogP contribution in [0.25, 0.3) is 0 Å². The third-order valence-corrected chi connectivity index (χ3v) is 6.30. The van der Waals surface area contributed by atoms with Crippen LogP contribution in [-0.2, 0) is 12.8 Å². The van der Waals surface area contributed by atoms with Gasteiger partial charge in [0.25, 0.3) is 0 Å². The normalized spacial score (nSPS) is 27.5. The quantitative estimate of drug-likeness (QED) is 0.461. The average Bonchev–Trinajstić information content (AvgIpc) is 2.71. The van der Waals surface area contributed by atoms with Crippen molar-refractivity contribution < 1.29 is 30.3 Å². The van der Waals surface area contributed by atoms with Crippen molar-refractivity contribution in [2.45, 2.75) is 41.8 Å². The Labute approximate surface area is 168 Å². The molecule has 6 nitrogen and oxygen atoms in total. The number of hydrogen-bond donors (Lipinski definition) is 5. The Kier molecular flexibility index (Phi) is 7.34. The fourth-order valence-corrected chi connectivity index (χ4v) is 4.46. The standard InChI is InChI=1S/C21H26O6S/c22-10-9-13-5-7-14(8-6-13)11-15-3-1-2-4-16(15)27-21-20(26)19(25)18(24)17(12-23)28-21/h1-8,17-26H,9-12H2/t17-,18+,19-,20+,21-/m0/s1. The van der Waals surface area contributed by atoms with Gasteiger partial charge in [-0.3, -0.25) is 0 Å². The number of aliphatic hydroxyl groups is 5. The topological polar surface area (TPSA) is 110 Å². The number of aliphatic hydroxyl groups excluding tert-OH is 5. The van der Waals surface area contributed by atoms with Crippen molar-refractivity contribution in [1.29, 1.82) is 0 Å². The fraction of sp³-hybridized carbons (Fsp3) is 0.429. The van der Waals surface area contributed by atoms with E-state index in [1.165, 1.54) is 0 Å². The second-order valence-corrected chi connectivity index (χ2v) is 8.23. The first-order valence-corrected chi connectivity index (χ1v) is 10.2. The molecule has 0 radical (unpaired) electrons. The Morgan fingerprint density at radius 2 is 1.50 bits per heavy atom. The zero-order chi connectivity index (χ0) is 20.1. The molecule has 0 bridgehead atoms. The number of hydrogen-bond acceptors (Lipinski definition) is 7. The van der Waals surface area contributed by atoms with Crippen LogP contribution in [0.4, 0.5) is 0 Å². The van der Waals surface area contributed by atoms with Crippen LogP contribution in [-0.4, -0.2) is 67.7 Å². The molecule has 1 aliphatic rings. The molecule has 2 aromatic rings. The lowest BCUT2D eigenvalue weighted by molar-refractivity contribution is -0.0910. The summed E-state index contributed by atoms with van der Waals surface area (Å²) in [6.07, 6.45) is -2.62. The molecule has 28 heavy (non-hydrogen) atoms. The molecule has 3 rings (SSSR count). The van der Waals surface area contributed by atoms with Crippen molar-refractivity contribution >= 4 is 11.8 Å². The number of para-hydroxylation sites is 1. The van der Waals surface area contributed by atoms with E-state index in [9.17, 15) is 20.4 Å². The van der Waals surface area contributed by atoms with Crippen LogP contribution in [0.2, 0.25) is 0 Å². The van der Waals surface area contributed by atoms with Gasteiger partial charge >= 0.3 is 0 Å². The summed E-state index contributed by atoms with van der Waals surface area (Å²) < 4.78 is 5.98. The number of ether oxygens (including phenoxy) is 1. The second kappa shape index (κ2) is 9.73. The number of thioether (sulfide) groups is 1. The molecular weight excluding hydrogens is 380 g/mol. The molecule has 1 aliphatic heterocycles. The predicted molar refractivity (Wildman–Crippen MR) is 107 cm³/mol. The lowest BCUT2D eigenvalue weighted by Crippen LogP contribution is -2.55. The maximum atomic E-state index is 10.3. The lowest BCUT2D eigenvalue weighted by Gasteiger charge is -2.39. The molecule has 1 heterocycles. The van der Waals surface area contributed by atoms with Gasteiger partial charge in [0.1, 0.15) is 18.0 Å². The minimum absolute atomic E-state index is 0.118. The Balaban J connectivity index is 1.74. The molecule has 7 heteroatoms. The molecule has 0 spiro atoms. The molecule has 1 saturated heterocycles. The van der Waals surface area contributed by atoms with Crippen molar-refractivity contribution in [2.75, 3.05) is 13.2 Å². The van der Waals surface area contributed by atoms with E-state index in [1.54, 1.807) is 6.07 Å². The Morgan fingerprint density at radius 1 is 0.821 bits per heavy atom. The monoisotopic (exact) mass is 406 g/mol. The van der Waals surface area contributed by atoms with E-state index in [-0.39, 0.29) is 13.2 Å². The van der Waals surface area contributed by atoms with Crippen LogP contribution in [0, 0.1) is 0 Å². The zero-order valence-corrected chi connectivity index (χ0v) is 16.2. The highest BCUT2D eigenvalue weighted by Gasteiger charge is 2.44. The lowest BCUT2D eigenvalue weighted by atomic mass is 10.0. The van der Waals surface area contributed by atoms with Gasteiger partial charge < -0.3 is 30.3 Å². The summed E-state index contributed by atoms with van der Waals surface area (Å²) in [5, 5.41) is 48.1. The largest absolute Gasteiger partial charge is 0.477 e. The van der Waals surface area contributed by atoms with Crippen LogP contribution in [0.15, 0.2) is 48.5 Å². The minimum atomic E-state index is -1.38. The van der Waals surface area contributed by atoms with Crippen molar-refractivity contribution in [3.8, 4) is 5.75 Å². The third kappa shape index (κ3) is 4.86. The highest BCUT2D eigenvalue weighted by Crippen LogP contribution is 2.35. The Morgan fingerprint density at radius 3 is 2.18 bits per heavy atom. The van der Waals surface area contributed by atoms with E-state index in [1.807, 2.05) is 42.5 Å². The van der Waals surface area contributed by atoms with Crippen LogP contribution < -0.4 is 4.74 Å². The van der Waals surface area contributed by atoms with Gasteiger partial charge in [-0.1, -0.05) is 42.5 Å². The first-order chi connectivity index (χ1) is 13.5.